The van der Waals surface area contributed by atoms with Crippen LogP contribution in [0.2, 0.25) is 0 Å². The fourth-order valence-electron chi connectivity index (χ4n) is 3.50. The summed E-state index contributed by atoms with van der Waals surface area (Å²) < 4.78 is 80.6. The van der Waals surface area contributed by atoms with E-state index in [-0.39, 0.29) is 56.2 Å². The van der Waals surface area contributed by atoms with Gasteiger partial charge in [0.1, 0.15) is 28.9 Å². The van der Waals surface area contributed by atoms with Crippen LogP contribution < -0.4 is 14.9 Å². The number of aromatic nitrogens is 4. The first-order valence-corrected chi connectivity index (χ1v) is 16.3. The number of fused-ring (bicyclic) bond motifs is 1. The second-order valence-corrected chi connectivity index (χ2v) is 11.5. The van der Waals surface area contributed by atoms with Crippen LogP contribution in [0.15, 0.2) is 48.5 Å². The third-order valence-corrected chi connectivity index (χ3v) is 8.11. The Bertz CT molecular complexity index is 1650. The Labute approximate surface area is 228 Å². The maximum atomic E-state index is 13.8. The van der Waals surface area contributed by atoms with E-state index in [1.54, 1.807) is 12.1 Å². The Hall–Kier alpha value is -3.29. The van der Waals surface area contributed by atoms with E-state index in [1.165, 1.54) is 40.7 Å². The smallest absolute Gasteiger partial charge is 0.327 e. The Morgan fingerprint density at radius 3 is 2.39 bits per heavy atom. The van der Waals surface area contributed by atoms with E-state index in [2.05, 4.69) is 25.6 Å². The van der Waals surface area contributed by atoms with Crippen LogP contribution in [0.3, 0.4) is 0 Å². The molecule has 0 aliphatic heterocycles. The van der Waals surface area contributed by atoms with Gasteiger partial charge in [-0.15, -0.1) is 0 Å². The normalized spacial score (nSPS) is 12.0. The molecule has 0 saturated carbocycles. The molecule has 0 amide bonds. The van der Waals surface area contributed by atoms with Crippen molar-refractivity contribution in [3.05, 3.63) is 60.0 Å². The topological polar surface area (TPSA) is 129 Å². The number of hydrogen-bond acceptors (Lipinski definition) is 8. The molecule has 0 radical (unpaired) electrons. The third kappa shape index (κ3) is 5.74. The highest BCUT2D eigenvalue weighted by Gasteiger charge is 2.29. The molecule has 198 valence electrons. The molecule has 0 saturated heterocycles. The van der Waals surface area contributed by atoms with Gasteiger partial charge in [-0.05, 0) is 46.3 Å². The van der Waals surface area contributed by atoms with Crippen molar-refractivity contribution < 1.29 is 26.0 Å². The Balaban J connectivity index is 1.90. The molecule has 0 fully saturated rings. The minimum atomic E-state index is -4.38. The first-order valence-electron chi connectivity index (χ1n) is 10.4. The van der Waals surface area contributed by atoms with Crippen LogP contribution in [0.1, 0.15) is 17.9 Å². The predicted molar refractivity (Wildman–Crippen MR) is 146 cm³/mol. The van der Waals surface area contributed by atoms with Crippen LogP contribution in [-0.2, 0) is 10.0 Å². The molecule has 38 heavy (non-hydrogen) atoms. The van der Waals surface area contributed by atoms with Crippen molar-refractivity contribution >= 4 is 78.3 Å². The van der Waals surface area contributed by atoms with Crippen molar-refractivity contribution in [2.45, 2.75) is 13.0 Å². The first kappa shape index (κ1) is 27.7. The SMILES string of the molecule is CS(=O)(=O)N(c1ccccc1Nc1cc(Nc2cccc(C#N)n2)nc2c1nc(C(F)F)n2PI)C(F)F. The monoisotopic (exact) mass is 678 g/mol. The van der Waals surface area contributed by atoms with E-state index in [9.17, 15) is 26.0 Å². The van der Waals surface area contributed by atoms with Crippen molar-refractivity contribution in [1.29, 1.82) is 5.26 Å². The predicted octanol–water partition coefficient (Wildman–Crippen LogP) is 5.90. The number of rotatable bonds is 9. The number of nitriles is 1. The zero-order valence-electron chi connectivity index (χ0n) is 19.1. The molecule has 4 rings (SSSR count). The molecule has 10 nitrogen and oxygen atoms in total. The van der Waals surface area contributed by atoms with Gasteiger partial charge in [0.2, 0.25) is 10.0 Å². The molecule has 1 unspecified atom stereocenters. The molecule has 4 aromatic rings. The van der Waals surface area contributed by atoms with Crippen molar-refractivity contribution in [2.24, 2.45) is 0 Å². The molecule has 0 bridgehead atoms. The van der Waals surface area contributed by atoms with Gasteiger partial charge < -0.3 is 10.6 Å². The lowest BCUT2D eigenvalue weighted by molar-refractivity contribution is 0.140. The summed E-state index contributed by atoms with van der Waals surface area (Å²) in [5.41, 5.74) is -0.146. The number of imidazole rings is 1. The molecule has 2 N–H and O–H groups in total. The van der Waals surface area contributed by atoms with Gasteiger partial charge >= 0.3 is 6.55 Å². The molecular formula is C21H16F4IN8O2PS. The Kier molecular flexibility index (Phi) is 8.19. The summed E-state index contributed by atoms with van der Waals surface area (Å²) in [6.07, 6.45) is -2.50. The number of alkyl halides is 4. The highest BCUT2D eigenvalue weighted by Crippen LogP contribution is 2.40. The molecule has 3 aromatic heterocycles. The van der Waals surface area contributed by atoms with E-state index in [1.807, 2.05) is 28.1 Å². The molecule has 0 aliphatic rings. The molecular weight excluding hydrogens is 662 g/mol. The molecule has 1 atom stereocenters. The van der Waals surface area contributed by atoms with Gasteiger partial charge in [-0.2, -0.15) is 14.0 Å². The van der Waals surface area contributed by atoms with Crippen molar-refractivity contribution in [1.82, 2.24) is 19.3 Å². The lowest BCUT2D eigenvalue weighted by atomic mass is 10.2. The average molecular weight is 678 g/mol. The van der Waals surface area contributed by atoms with Crippen molar-refractivity contribution in [3.63, 3.8) is 0 Å². The summed E-state index contributed by atoms with van der Waals surface area (Å²) in [5.74, 6) is -0.200. The first-order chi connectivity index (χ1) is 18.0. The summed E-state index contributed by atoms with van der Waals surface area (Å²) in [7, 11) is -4.38. The van der Waals surface area contributed by atoms with Crippen LogP contribution in [0.4, 0.5) is 46.3 Å². The average Bonchev–Trinajstić information content (AvgIpc) is 3.23. The van der Waals surface area contributed by atoms with E-state index in [0.717, 1.165) is 0 Å². The zero-order valence-corrected chi connectivity index (χ0v) is 23.0. The number of nitrogens with zero attached hydrogens (tertiary/aromatic N) is 6. The molecule has 3 heterocycles. The lowest BCUT2D eigenvalue weighted by Crippen LogP contribution is -2.35. The number of para-hydroxylation sites is 2. The van der Waals surface area contributed by atoms with Crippen molar-refractivity contribution in [3.8, 4) is 6.07 Å². The van der Waals surface area contributed by atoms with Crippen LogP contribution >= 0.6 is 28.4 Å². The summed E-state index contributed by atoms with van der Waals surface area (Å²) in [5, 5.41) is 14.9. The molecule has 0 aliphatic carbocycles. The molecule has 0 spiro atoms. The maximum absolute atomic E-state index is 13.8. The van der Waals surface area contributed by atoms with E-state index in [4.69, 9.17) is 5.26 Å². The number of anilines is 5. The zero-order chi connectivity index (χ0) is 27.6. The summed E-state index contributed by atoms with van der Waals surface area (Å²) >= 11 is 1.90. The number of hydrogen-bond donors (Lipinski definition) is 2. The fraction of sp³-hybridized carbons (Fsp3) is 0.143. The minimum Gasteiger partial charge on any atom is -0.352 e. The summed E-state index contributed by atoms with van der Waals surface area (Å²) in [4.78, 5) is 12.5. The lowest BCUT2D eigenvalue weighted by Gasteiger charge is -2.24. The van der Waals surface area contributed by atoms with E-state index < -0.39 is 28.8 Å². The van der Waals surface area contributed by atoms with Gasteiger partial charge in [0.05, 0.1) is 29.7 Å². The molecule has 17 heteroatoms. The number of pyridine rings is 2. The van der Waals surface area contributed by atoms with Crippen LogP contribution in [-0.4, -0.2) is 40.5 Å². The highest BCUT2D eigenvalue weighted by atomic mass is 127. The number of nitrogens with one attached hydrogen (secondary N) is 2. The third-order valence-electron chi connectivity index (χ3n) is 4.99. The van der Waals surface area contributed by atoms with Crippen LogP contribution in [0.25, 0.3) is 11.2 Å². The van der Waals surface area contributed by atoms with Gasteiger partial charge in [-0.3, -0.25) is 4.34 Å². The number of halogens is 5. The van der Waals surface area contributed by atoms with Gasteiger partial charge in [0.15, 0.2) is 11.5 Å². The Morgan fingerprint density at radius 2 is 1.76 bits per heavy atom. The fourth-order valence-corrected chi connectivity index (χ4v) is 6.20. The maximum Gasteiger partial charge on any atom is 0.327 e. The van der Waals surface area contributed by atoms with Crippen LogP contribution in [0.5, 0.6) is 0 Å². The van der Waals surface area contributed by atoms with E-state index in [0.29, 0.717) is 6.26 Å². The number of sulfonamides is 1. The highest BCUT2D eigenvalue weighted by molar-refractivity contribution is 14.2. The van der Waals surface area contributed by atoms with Gasteiger partial charge in [0.25, 0.3) is 6.43 Å². The molecule has 1 aromatic carbocycles. The minimum absolute atomic E-state index is 0.00602. The summed E-state index contributed by atoms with van der Waals surface area (Å²) in [6, 6.07) is 13.3. The van der Waals surface area contributed by atoms with Crippen LogP contribution in [0, 0.1) is 11.3 Å². The standard InChI is InChI=1S/C21H16F4IN8O2PS/c1-38(35,36)34(21(24)25)14-7-3-2-6-12(14)29-13-9-16(30-15-8-4-5-11(10-27)28-15)31-19-17(13)32-20(18(22)23)33(19)37-26/h2-9,18,21,37H,1H3,(H2,28,29,30,31). The van der Waals surface area contributed by atoms with Gasteiger partial charge in [-0.25, -0.2) is 36.5 Å². The number of benzene rings is 1. The second-order valence-electron chi connectivity index (χ2n) is 7.54. The van der Waals surface area contributed by atoms with Gasteiger partial charge in [-0.1, -0.05) is 18.2 Å². The van der Waals surface area contributed by atoms with E-state index >= 15 is 0 Å². The largest absolute Gasteiger partial charge is 0.352 e. The second kappa shape index (κ2) is 11.2. The summed E-state index contributed by atoms with van der Waals surface area (Å²) in [6.45, 7) is -3.38. The van der Waals surface area contributed by atoms with Gasteiger partial charge in [0, 0.05) is 6.07 Å². The quantitative estimate of drug-likeness (QED) is 0.0970. The van der Waals surface area contributed by atoms with Crippen molar-refractivity contribution in [2.75, 3.05) is 21.2 Å². The Morgan fingerprint density at radius 1 is 1.03 bits per heavy atom.